The van der Waals surface area contributed by atoms with E-state index >= 15 is 0 Å². The maximum absolute atomic E-state index is 13.0. The summed E-state index contributed by atoms with van der Waals surface area (Å²) in [5.74, 6) is -0.898. The van der Waals surface area contributed by atoms with Crippen molar-refractivity contribution < 1.29 is 26.3 Å². The number of aromatic nitrogens is 4. The predicted octanol–water partition coefficient (Wildman–Crippen LogP) is 3.10. The predicted molar refractivity (Wildman–Crippen MR) is 113 cm³/mol. The van der Waals surface area contributed by atoms with Gasteiger partial charge in [-0.15, -0.1) is 0 Å². The lowest BCUT2D eigenvalue weighted by atomic mass is 10.2. The van der Waals surface area contributed by atoms with E-state index in [1.54, 1.807) is 12.1 Å². The van der Waals surface area contributed by atoms with E-state index in [0.29, 0.717) is 12.3 Å². The Hall–Kier alpha value is -3.03. The molecule has 0 aliphatic carbocycles. The lowest BCUT2D eigenvalue weighted by molar-refractivity contribution is -0.146. The van der Waals surface area contributed by atoms with E-state index in [2.05, 4.69) is 25.0 Å². The first-order valence-corrected chi connectivity index (χ1v) is 11.5. The fraction of sp³-hybridized carbons (Fsp3) is 0.350. The molecule has 3 aromatic rings. The van der Waals surface area contributed by atoms with Crippen LogP contribution in [0.1, 0.15) is 18.7 Å². The van der Waals surface area contributed by atoms with Crippen LogP contribution in [-0.4, -0.2) is 47.2 Å². The summed E-state index contributed by atoms with van der Waals surface area (Å²) in [5.41, 5.74) is 0.924. The minimum atomic E-state index is -4.58. The van der Waals surface area contributed by atoms with Gasteiger partial charge in [0.15, 0.2) is 0 Å². The van der Waals surface area contributed by atoms with Crippen LogP contribution in [0.5, 0.6) is 0 Å². The third-order valence-electron chi connectivity index (χ3n) is 5.11. The summed E-state index contributed by atoms with van der Waals surface area (Å²) in [6.07, 6.45) is -0.461. The van der Waals surface area contributed by atoms with Crippen molar-refractivity contribution in [3.05, 3.63) is 48.5 Å². The molecule has 0 bridgehead atoms. The summed E-state index contributed by atoms with van der Waals surface area (Å²) in [5, 5.41) is 2.92. The maximum atomic E-state index is 13.0. The van der Waals surface area contributed by atoms with Crippen LogP contribution in [0.3, 0.4) is 0 Å². The average molecular weight is 482 g/mol. The normalized spacial score (nSPS) is 16.8. The maximum Gasteiger partial charge on any atom is 0.449 e. The Morgan fingerprint density at radius 3 is 2.58 bits per heavy atom. The molecule has 1 fully saturated rings. The van der Waals surface area contributed by atoms with Gasteiger partial charge in [-0.2, -0.15) is 13.2 Å². The molecule has 2 aromatic heterocycles. The van der Waals surface area contributed by atoms with Crippen LogP contribution in [-0.2, 0) is 28.0 Å². The van der Waals surface area contributed by atoms with E-state index in [4.69, 9.17) is 4.74 Å². The van der Waals surface area contributed by atoms with Crippen molar-refractivity contribution in [1.82, 2.24) is 24.2 Å². The monoisotopic (exact) mass is 482 g/mol. The van der Waals surface area contributed by atoms with Gasteiger partial charge in [0.2, 0.25) is 21.8 Å². The Balaban J connectivity index is 1.46. The largest absolute Gasteiger partial charge is 0.449 e. The highest BCUT2D eigenvalue weighted by molar-refractivity contribution is 7.89. The number of anilines is 2. The number of alkyl halides is 3. The molecule has 1 saturated heterocycles. The number of imidazole rings is 1. The van der Waals surface area contributed by atoms with Gasteiger partial charge in [-0.1, -0.05) is 0 Å². The smallest absolute Gasteiger partial charge is 0.377 e. The van der Waals surface area contributed by atoms with E-state index in [1.807, 2.05) is 0 Å². The standard InChI is InChI=1S/C20H21F3N6O3S/c1-29-17(12-25-18(29)20(21,22)23)16-8-9-24-19(28-16)27-13-4-6-15(7-5-13)33(30,31)26-11-14-3-2-10-32-14/h4-9,12,14,26H,2-3,10-11H2,1H3,(H,24,27,28). The molecule has 33 heavy (non-hydrogen) atoms. The molecular weight excluding hydrogens is 461 g/mol. The number of benzene rings is 1. The zero-order valence-corrected chi connectivity index (χ0v) is 18.3. The van der Waals surface area contributed by atoms with Crippen LogP contribution in [0.2, 0.25) is 0 Å². The van der Waals surface area contributed by atoms with Gasteiger partial charge in [0, 0.05) is 32.1 Å². The highest BCUT2D eigenvalue weighted by atomic mass is 32.2. The molecule has 1 aliphatic rings. The first-order valence-electron chi connectivity index (χ1n) is 10.0. The van der Waals surface area contributed by atoms with Crippen LogP contribution < -0.4 is 10.0 Å². The van der Waals surface area contributed by atoms with Crippen LogP contribution in [0.15, 0.2) is 47.6 Å². The molecule has 0 saturated carbocycles. The fourth-order valence-electron chi connectivity index (χ4n) is 3.41. The van der Waals surface area contributed by atoms with E-state index in [9.17, 15) is 21.6 Å². The number of halogens is 3. The number of sulfonamides is 1. The Morgan fingerprint density at radius 2 is 1.94 bits per heavy atom. The first kappa shape index (κ1) is 23.1. The highest BCUT2D eigenvalue weighted by Crippen LogP contribution is 2.31. The molecule has 0 spiro atoms. The lowest BCUT2D eigenvalue weighted by Crippen LogP contribution is -2.31. The number of nitrogens with one attached hydrogen (secondary N) is 2. The quantitative estimate of drug-likeness (QED) is 0.532. The summed E-state index contributed by atoms with van der Waals surface area (Å²) in [6, 6.07) is 7.42. The van der Waals surface area contributed by atoms with E-state index < -0.39 is 22.0 Å². The molecular formula is C20H21F3N6O3S. The fourth-order valence-corrected chi connectivity index (χ4v) is 4.48. The molecule has 9 nitrogen and oxygen atoms in total. The minimum absolute atomic E-state index is 0.0929. The molecule has 0 amide bonds. The minimum Gasteiger partial charge on any atom is -0.377 e. The zero-order valence-electron chi connectivity index (χ0n) is 17.5. The second-order valence-electron chi connectivity index (χ2n) is 7.43. The Bertz CT molecular complexity index is 1220. The SMILES string of the molecule is Cn1c(-c2ccnc(Nc3ccc(S(=O)(=O)NCC4CCCO4)cc3)n2)cnc1C(F)(F)F. The van der Waals surface area contributed by atoms with E-state index in [0.717, 1.165) is 23.6 Å². The van der Waals surface area contributed by atoms with Crippen LogP contribution in [0.25, 0.3) is 11.4 Å². The van der Waals surface area contributed by atoms with Crippen molar-refractivity contribution in [2.24, 2.45) is 7.05 Å². The van der Waals surface area contributed by atoms with Gasteiger partial charge in [0.05, 0.1) is 28.6 Å². The van der Waals surface area contributed by atoms with Gasteiger partial charge in [0.25, 0.3) is 0 Å². The first-order chi connectivity index (χ1) is 15.6. The second kappa shape index (κ2) is 9.08. The van der Waals surface area contributed by atoms with Gasteiger partial charge >= 0.3 is 6.18 Å². The summed E-state index contributed by atoms with van der Waals surface area (Å²) in [7, 11) is -2.43. The third kappa shape index (κ3) is 5.31. The Kier molecular flexibility index (Phi) is 6.36. The highest BCUT2D eigenvalue weighted by Gasteiger charge is 2.36. The average Bonchev–Trinajstić information content (AvgIpc) is 3.42. The van der Waals surface area contributed by atoms with Gasteiger partial charge in [-0.3, -0.25) is 0 Å². The van der Waals surface area contributed by atoms with E-state index in [-0.39, 0.29) is 34.9 Å². The van der Waals surface area contributed by atoms with Gasteiger partial charge in [-0.05, 0) is 43.2 Å². The number of hydrogen-bond donors (Lipinski definition) is 2. The van der Waals surface area contributed by atoms with Crippen molar-refractivity contribution in [3.63, 3.8) is 0 Å². The van der Waals surface area contributed by atoms with Gasteiger partial charge in [0.1, 0.15) is 0 Å². The molecule has 3 heterocycles. The zero-order chi connectivity index (χ0) is 23.6. The summed E-state index contributed by atoms with van der Waals surface area (Å²) >= 11 is 0. The summed E-state index contributed by atoms with van der Waals surface area (Å²) < 4.78 is 72.8. The molecule has 1 aliphatic heterocycles. The molecule has 2 N–H and O–H groups in total. The van der Waals surface area contributed by atoms with Crippen LogP contribution in [0, 0.1) is 0 Å². The van der Waals surface area contributed by atoms with Crippen LogP contribution >= 0.6 is 0 Å². The number of ether oxygens (including phenoxy) is 1. The summed E-state index contributed by atoms with van der Waals surface area (Å²) in [4.78, 5) is 11.8. The second-order valence-corrected chi connectivity index (χ2v) is 9.19. The van der Waals surface area contributed by atoms with Crippen molar-refractivity contribution >= 4 is 21.7 Å². The lowest BCUT2D eigenvalue weighted by Gasteiger charge is -2.12. The van der Waals surface area contributed by atoms with Gasteiger partial charge < -0.3 is 14.6 Å². The van der Waals surface area contributed by atoms with Gasteiger partial charge in [-0.25, -0.2) is 28.1 Å². The Morgan fingerprint density at radius 1 is 1.18 bits per heavy atom. The number of hydrogen-bond acceptors (Lipinski definition) is 7. The van der Waals surface area contributed by atoms with Crippen molar-refractivity contribution in [3.8, 4) is 11.4 Å². The number of rotatable bonds is 7. The van der Waals surface area contributed by atoms with Crippen molar-refractivity contribution in [1.29, 1.82) is 0 Å². The molecule has 1 unspecified atom stereocenters. The third-order valence-corrected chi connectivity index (χ3v) is 6.54. The van der Waals surface area contributed by atoms with E-state index in [1.165, 1.54) is 31.4 Å². The topological polar surface area (TPSA) is 111 Å². The Labute approximate surface area is 188 Å². The molecule has 176 valence electrons. The number of nitrogens with zero attached hydrogens (tertiary/aromatic N) is 4. The summed E-state index contributed by atoms with van der Waals surface area (Å²) in [6.45, 7) is 0.854. The molecule has 0 radical (unpaired) electrons. The van der Waals surface area contributed by atoms with Crippen LogP contribution in [0.4, 0.5) is 24.8 Å². The van der Waals surface area contributed by atoms with Crippen molar-refractivity contribution in [2.45, 2.75) is 30.0 Å². The molecule has 1 atom stereocenters. The molecule has 4 rings (SSSR count). The van der Waals surface area contributed by atoms with Crippen molar-refractivity contribution in [2.75, 3.05) is 18.5 Å². The molecule has 1 aromatic carbocycles. The molecule has 13 heteroatoms.